The lowest BCUT2D eigenvalue weighted by Crippen LogP contribution is -2.42. The Hall–Kier alpha value is -3.15. The van der Waals surface area contributed by atoms with Gasteiger partial charge in [0.05, 0.1) is 4.92 Å². The van der Waals surface area contributed by atoms with E-state index >= 15 is 0 Å². The quantitative estimate of drug-likeness (QED) is 0.321. The van der Waals surface area contributed by atoms with E-state index in [-0.39, 0.29) is 18.0 Å². The third-order valence-electron chi connectivity index (χ3n) is 3.62. The summed E-state index contributed by atoms with van der Waals surface area (Å²) in [5.41, 5.74) is 1.24. The number of Topliss-reactive ketones (excluding diaryl/α,β-unsaturated/α-hetero) is 1. The number of carbonyl (C=O) groups is 1. The van der Waals surface area contributed by atoms with Crippen molar-refractivity contribution in [2.75, 3.05) is 0 Å². The standard InChI is InChI=1S/C17H14N3O3/c1-12-16-5-3-2-4-14(16)10-19(18-12)11-17(21)13-6-8-15(9-7-13)20(22)23/h2-10H,11H2,1H3/q+1. The fourth-order valence-corrected chi connectivity index (χ4v) is 2.46. The number of hydrogen-bond acceptors (Lipinski definition) is 4. The van der Waals surface area contributed by atoms with Gasteiger partial charge >= 0.3 is 0 Å². The summed E-state index contributed by atoms with van der Waals surface area (Å²) in [4.78, 5) is 22.5. The first-order valence-electron chi connectivity index (χ1n) is 7.08. The second kappa shape index (κ2) is 5.92. The van der Waals surface area contributed by atoms with E-state index in [1.165, 1.54) is 24.3 Å². The molecule has 0 aliphatic rings. The lowest BCUT2D eigenvalue weighted by Gasteiger charge is -2.01. The van der Waals surface area contributed by atoms with Crippen molar-refractivity contribution < 1.29 is 14.4 Å². The Kier molecular flexibility index (Phi) is 3.80. The highest BCUT2D eigenvalue weighted by molar-refractivity contribution is 5.95. The third kappa shape index (κ3) is 3.06. The summed E-state index contributed by atoms with van der Waals surface area (Å²) < 4.78 is 1.60. The highest BCUT2D eigenvalue weighted by Gasteiger charge is 2.16. The van der Waals surface area contributed by atoms with E-state index in [9.17, 15) is 14.9 Å². The van der Waals surface area contributed by atoms with E-state index in [0.717, 1.165) is 16.5 Å². The first-order valence-corrected chi connectivity index (χ1v) is 7.08. The van der Waals surface area contributed by atoms with E-state index in [1.807, 2.05) is 37.4 Å². The molecule has 0 spiro atoms. The number of rotatable bonds is 4. The number of non-ortho nitro benzene ring substituents is 1. The van der Waals surface area contributed by atoms with Crippen LogP contribution in [0, 0.1) is 17.0 Å². The van der Waals surface area contributed by atoms with Crippen LogP contribution in [0.1, 0.15) is 16.1 Å². The molecule has 1 heterocycles. The lowest BCUT2D eigenvalue weighted by molar-refractivity contribution is -0.740. The van der Waals surface area contributed by atoms with Gasteiger partial charge in [0.15, 0.2) is 0 Å². The number of benzene rings is 2. The number of aromatic nitrogens is 2. The number of carbonyl (C=O) groups excluding carboxylic acids is 1. The van der Waals surface area contributed by atoms with Crippen molar-refractivity contribution in [2.45, 2.75) is 13.5 Å². The minimum Gasteiger partial charge on any atom is -0.287 e. The summed E-state index contributed by atoms with van der Waals surface area (Å²) in [6.07, 6.45) is 1.83. The van der Waals surface area contributed by atoms with Gasteiger partial charge in [0.1, 0.15) is 5.69 Å². The predicted molar refractivity (Wildman–Crippen MR) is 84.1 cm³/mol. The Balaban J connectivity index is 1.86. The molecule has 0 unspecified atom stereocenters. The molecule has 0 saturated carbocycles. The maximum absolute atomic E-state index is 12.3. The van der Waals surface area contributed by atoms with E-state index < -0.39 is 4.92 Å². The molecule has 0 amide bonds. The minimum absolute atomic E-state index is 0.0334. The molecule has 6 nitrogen and oxygen atoms in total. The highest BCUT2D eigenvalue weighted by atomic mass is 16.6. The summed E-state index contributed by atoms with van der Waals surface area (Å²) in [6, 6.07) is 13.4. The normalized spacial score (nSPS) is 10.7. The van der Waals surface area contributed by atoms with Crippen molar-refractivity contribution in [1.82, 2.24) is 5.10 Å². The number of fused-ring (bicyclic) bond motifs is 1. The molecule has 3 rings (SSSR count). The maximum atomic E-state index is 12.3. The first kappa shape index (κ1) is 14.8. The molecule has 2 aromatic carbocycles. The minimum atomic E-state index is -0.489. The molecule has 3 aromatic rings. The Morgan fingerprint density at radius 3 is 2.57 bits per heavy atom. The molecule has 0 N–H and O–H groups in total. The van der Waals surface area contributed by atoms with Crippen LogP contribution in [-0.2, 0) is 6.54 Å². The average Bonchev–Trinajstić information content (AvgIpc) is 2.55. The largest absolute Gasteiger partial charge is 0.287 e. The summed E-state index contributed by atoms with van der Waals surface area (Å²) in [5, 5.41) is 17.1. The molecule has 0 atom stereocenters. The number of nitro benzene ring substituents is 1. The van der Waals surface area contributed by atoms with Crippen LogP contribution in [0.25, 0.3) is 10.8 Å². The average molecular weight is 308 g/mol. The van der Waals surface area contributed by atoms with E-state index in [1.54, 1.807) is 4.68 Å². The molecule has 0 bridgehead atoms. The van der Waals surface area contributed by atoms with Crippen LogP contribution in [0.5, 0.6) is 0 Å². The van der Waals surface area contributed by atoms with Gasteiger partial charge in [-0.05, 0) is 30.2 Å². The Bertz CT molecular complexity index is 905. The van der Waals surface area contributed by atoms with Gasteiger partial charge in [-0.2, -0.15) is 0 Å². The first-order chi connectivity index (χ1) is 11.0. The van der Waals surface area contributed by atoms with Crippen LogP contribution in [0.2, 0.25) is 0 Å². The van der Waals surface area contributed by atoms with Crippen LogP contribution >= 0.6 is 0 Å². The number of hydrogen-bond donors (Lipinski definition) is 0. The monoisotopic (exact) mass is 308 g/mol. The van der Waals surface area contributed by atoms with Gasteiger partial charge in [0, 0.05) is 28.5 Å². The van der Waals surface area contributed by atoms with Crippen molar-refractivity contribution in [2.24, 2.45) is 0 Å². The molecule has 1 aromatic heterocycles. The molecule has 114 valence electrons. The van der Waals surface area contributed by atoms with Gasteiger partial charge in [0.25, 0.3) is 5.69 Å². The fraction of sp³-hybridized carbons (Fsp3) is 0.118. The molecule has 0 aliphatic carbocycles. The molecule has 0 saturated heterocycles. The molecule has 0 fully saturated rings. The second-order valence-corrected chi connectivity index (χ2v) is 5.23. The van der Waals surface area contributed by atoms with E-state index in [0.29, 0.717) is 5.56 Å². The van der Waals surface area contributed by atoms with Crippen molar-refractivity contribution in [3.63, 3.8) is 0 Å². The van der Waals surface area contributed by atoms with Gasteiger partial charge in [-0.1, -0.05) is 22.9 Å². The summed E-state index contributed by atoms with van der Waals surface area (Å²) in [6.45, 7) is 1.98. The van der Waals surface area contributed by atoms with Crippen LogP contribution in [0.3, 0.4) is 0 Å². The van der Waals surface area contributed by atoms with Gasteiger partial charge < -0.3 is 0 Å². The number of ketones is 1. The fourth-order valence-electron chi connectivity index (χ4n) is 2.46. The van der Waals surface area contributed by atoms with Crippen molar-refractivity contribution in [3.05, 3.63) is 76.1 Å². The third-order valence-corrected chi connectivity index (χ3v) is 3.62. The highest BCUT2D eigenvalue weighted by Crippen LogP contribution is 2.14. The Morgan fingerprint density at radius 1 is 1.17 bits per heavy atom. The summed E-state index contributed by atoms with van der Waals surface area (Å²) in [7, 11) is 0. The predicted octanol–water partition coefficient (Wildman–Crippen LogP) is 2.62. The van der Waals surface area contributed by atoms with E-state index in [4.69, 9.17) is 0 Å². The molecule has 6 heteroatoms. The zero-order chi connectivity index (χ0) is 16.4. The van der Waals surface area contributed by atoms with Crippen LogP contribution in [0.4, 0.5) is 5.69 Å². The van der Waals surface area contributed by atoms with Crippen LogP contribution in [-0.4, -0.2) is 15.8 Å². The Labute approximate surface area is 132 Å². The smallest absolute Gasteiger partial charge is 0.269 e. The summed E-state index contributed by atoms with van der Waals surface area (Å²) >= 11 is 0. The summed E-state index contributed by atoms with van der Waals surface area (Å²) in [5.74, 6) is -0.146. The second-order valence-electron chi connectivity index (χ2n) is 5.23. The van der Waals surface area contributed by atoms with Crippen molar-refractivity contribution in [3.8, 4) is 0 Å². The number of nitro groups is 1. The van der Waals surface area contributed by atoms with Gasteiger partial charge in [0.2, 0.25) is 18.5 Å². The van der Waals surface area contributed by atoms with Gasteiger partial charge in [-0.15, -0.1) is 0 Å². The van der Waals surface area contributed by atoms with Gasteiger partial charge in [-0.3, -0.25) is 14.9 Å². The number of aryl methyl sites for hydroxylation is 1. The topological polar surface area (TPSA) is 77.0 Å². The van der Waals surface area contributed by atoms with Crippen LogP contribution in [0.15, 0.2) is 54.7 Å². The molecule has 0 radical (unpaired) electrons. The van der Waals surface area contributed by atoms with Crippen LogP contribution < -0.4 is 4.68 Å². The molecule has 0 aliphatic heterocycles. The van der Waals surface area contributed by atoms with Crippen molar-refractivity contribution >= 4 is 22.2 Å². The zero-order valence-electron chi connectivity index (χ0n) is 12.5. The lowest BCUT2D eigenvalue weighted by atomic mass is 10.1. The molecular weight excluding hydrogens is 294 g/mol. The molecular formula is C17H14N3O3+. The molecule has 23 heavy (non-hydrogen) atoms. The number of nitrogens with zero attached hydrogens (tertiary/aromatic N) is 3. The maximum Gasteiger partial charge on any atom is 0.269 e. The zero-order valence-corrected chi connectivity index (χ0v) is 12.5. The SMILES string of the molecule is Cc1n[n+](CC(=O)c2ccc([N+](=O)[O-])cc2)cc2ccccc12. The Morgan fingerprint density at radius 2 is 1.87 bits per heavy atom. The van der Waals surface area contributed by atoms with Gasteiger partial charge in [-0.25, -0.2) is 0 Å². The van der Waals surface area contributed by atoms with Crippen molar-refractivity contribution in [1.29, 1.82) is 0 Å². The van der Waals surface area contributed by atoms with E-state index in [2.05, 4.69) is 5.10 Å².